The van der Waals surface area contributed by atoms with Crippen molar-refractivity contribution in [3.63, 3.8) is 0 Å². The van der Waals surface area contributed by atoms with Crippen molar-refractivity contribution < 1.29 is 19.5 Å². The monoisotopic (exact) mass is 283 g/mol. The number of hydrogen-bond donors (Lipinski definition) is 1. The SMILES string of the molecule is O=C(O)c1ccc2c(c1)C(=O)N(Cc1cccnn1)C2=O. The third kappa shape index (κ3) is 2.14. The molecule has 0 bridgehead atoms. The molecule has 104 valence electrons. The predicted octanol–water partition coefficient (Wildman–Crippen LogP) is 0.971. The van der Waals surface area contributed by atoms with E-state index in [1.165, 1.54) is 24.4 Å². The van der Waals surface area contributed by atoms with Crippen LogP contribution in [0.4, 0.5) is 0 Å². The first-order valence-corrected chi connectivity index (χ1v) is 6.08. The lowest BCUT2D eigenvalue weighted by Crippen LogP contribution is -2.29. The zero-order chi connectivity index (χ0) is 15.0. The molecule has 0 radical (unpaired) electrons. The number of aromatic nitrogens is 2. The van der Waals surface area contributed by atoms with Crippen LogP contribution in [0.1, 0.15) is 36.8 Å². The van der Waals surface area contributed by atoms with Crippen molar-refractivity contribution in [3.05, 3.63) is 58.9 Å². The minimum Gasteiger partial charge on any atom is -0.478 e. The van der Waals surface area contributed by atoms with Crippen LogP contribution in [-0.4, -0.2) is 38.0 Å². The highest BCUT2D eigenvalue weighted by Gasteiger charge is 2.36. The number of carbonyl (C=O) groups excluding carboxylic acids is 2. The van der Waals surface area contributed by atoms with E-state index in [4.69, 9.17) is 5.11 Å². The van der Waals surface area contributed by atoms with Crippen molar-refractivity contribution in [2.75, 3.05) is 0 Å². The van der Waals surface area contributed by atoms with Gasteiger partial charge in [0.05, 0.1) is 28.9 Å². The van der Waals surface area contributed by atoms with Gasteiger partial charge in [-0.05, 0) is 30.3 Å². The molecule has 0 saturated carbocycles. The number of benzene rings is 1. The molecule has 2 amide bonds. The second-order valence-corrected chi connectivity index (χ2v) is 4.48. The van der Waals surface area contributed by atoms with Crippen LogP contribution >= 0.6 is 0 Å². The number of imide groups is 1. The molecule has 3 rings (SSSR count). The van der Waals surface area contributed by atoms with Gasteiger partial charge in [-0.1, -0.05) is 0 Å². The lowest BCUT2D eigenvalue weighted by Gasteiger charge is -2.12. The molecule has 7 heteroatoms. The van der Waals surface area contributed by atoms with Crippen LogP contribution in [0.2, 0.25) is 0 Å². The van der Waals surface area contributed by atoms with Gasteiger partial charge < -0.3 is 5.11 Å². The first kappa shape index (κ1) is 12.9. The van der Waals surface area contributed by atoms with Crippen LogP contribution in [0.3, 0.4) is 0 Å². The maximum Gasteiger partial charge on any atom is 0.335 e. The molecular weight excluding hydrogens is 274 g/mol. The highest BCUT2D eigenvalue weighted by Crippen LogP contribution is 2.25. The molecule has 2 aromatic rings. The second kappa shape index (κ2) is 4.78. The van der Waals surface area contributed by atoms with E-state index in [9.17, 15) is 14.4 Å². The molecule has 7 nitrogen and oxygen atoms in total. The van der Waals surface area contributed by atoms with E-state index in [1.54, 1.807) is 12.1 Å². The Morgan fingerprint density at radius 2 is 1.90 bits per heavy atom. The molecule has 1 aliphatic heterocycles. The summed E-state index contributed by atoms with van der Waals surface area (Å²) in [7, 11) is 0. The number of carboxylic acid groups (broad SMARTS) is 1. The van der Waals surface area contributed by atoms with Gasteiger partial charge in [0, 0.05) is 6.20 Å². The lowest BCUT2D eigenvalue weighted by atomic mass is 10.1. The number of fused-ring (bicyclic) bond motifs is 1. The summed E-state index contributed by atoms with van der Waals surface area (Å²) >= 11 is 0. The van der Waals surface area contributed by atoms with Crippen molar-refractivity contribution >= 4 is 17.8 Å². The zero-order valence-corrected chi connectivity index (χ0v) is 10.7. The minimum atomic E-state index is -1.15. The van der Waals surface area contributed by atoms with Gasteiger partial charge in [0.15, 0.2) is 0 Å². The summed E-state index contributed by atoms with van der Waals surface area (Å²) in [6.07, 6.45) is 1.49. The van der Waals surface area contributed by atoms with Gasteiger partial charge in [0.2, 0.25) is 0 Å². The van der Waals surface area contributed by atoms with Gasteiger partial charge in [-0.15, -0.1) is 0 Å². The van der Waals surface area contributed by atoms with Crippen LogP contribution in [0.25, 0.3) is 0 Å². The summed E-state index contributed by atoms with van der Waals surface area (Å²) in [4.78, 5) is 36.4. The smallest absolute Gasteiger partial charge is 0.335 e. The minimum absolute atomic E-state index is 0.00257. The van der Waals surface area contributed by atoms with E-state index < -0.39 is 17.8 Å². The molecule has 0 spiro atoms. The Morgan fingerprint density at radius 3 is 2.57 bits per heavy atom. The van der Waals surface area contributed by atoms with E-state index >= 15 is 0 Å². The number of aromatic carboxylic acids is 1. The van der Waals surface area contributed by atoms with Crippen molar-refractivity contribution in [2.45, 2.75) is 6.54 Å². The number of amides is 2. The van der Waals surface area contributed by atoms with Crippen LogP contribution in [0, 0.1) is 0 Å². The maximum atomic E-state index is 12.3. The summed E-state index contributed by atoms with van der Waals surface area (Å²) in [5, 5.41) is 16.5. The summed E-state index contributed by atoms with van der Waals surface area (Å²) < 4.78 is 0. The normalized spacial score (nSPS) is 13.4. The lowest BCUT2D eigenvalue weighted by molar-refractivity contribution is 0.0638. The van der Waals surface area contributed by atoms with Crippen molar-refractivity contribution in [1.82, 2.24) is 15.1 Å². The Kier molecular flexibility index (Phi) is 2.94. The average molecular weight is 283 g/mol. The van der Waals surface area contributed by atoms with Gasteiger partial charge in [-0.3, -0.25) is 14.5 Å². The largest absolute Gasteiger partial charge is 0.478 e. The Morgan fingerprint density at radius 1 is 1.14 bits per heavy atom. The van der Waals surface area contributed by atoms with E-state index in [0.29, 0.717) is 5.69 Å². The topological polar surface area (TPSA) is 100 Å². The summed E-state index contributed by atoms with van der Waals surface area (Å²) in [5.41, 5.74) is 0.749. The number of rotatable bonds is 3. The van der Waals surface area contributed by atoms with Crippen molar-refractivity contribution in [3.8, 4) is 0 Å². The molecule has 1 aromatic carbocycles. The molecule has 1 aromatic heterocycles. The van der Waals surface area contributed by atoms with Crippen LogP contribution < -0.4 is 0 Å². The fourth-order valence-electron chi connectivity index (χ4n) is 2.15. The zero-order valence-electron chi connectivity index (χ0n) is 10.7. The Bertz CT molecular complexity index is 758. The molecule has 0 aliphatic carbocycles. The average Bonchev–Trinajstić information content (AvgIpc) is 2.73. The fraction of sp³-hybridized carbons (Fsp3) is 0.0714. The Hall–Kier alpha value is -3.09. The molecule has 1 N–H and O–H groups in total. The van der Waals surface area contributed by atoms with E-state index in [1.807, 2.05) is 0 Å². The second-order valence-electron chi connectivity index (χ2n) is 4.48. The molecule has 1 aliphatic rings. The van der Waals surface area contributed by atoms with E-state index in [2.05, 4.69) is 10.2 Å². The van der Waals surface area contributed by atoms with Gasteiger partial charge in [0.1, 0.15) is 0 Å². The third-order valence-corrected chi connectivity index (χ3v) is 3.17. The van der Waals surface area contributed by atoms with Crippen molar-refractivity contribution in [2.24, 2.45) is 0 Å². The molecule has 2 heterocycles. The highest BCUT2D eigenvalue weighted by molar-refractivity contribution is 6.21. The quantitative estimate of drug-likeness (QED) is 0.842. The van der Waals surface area contributed by atoms with Gasteiger partial charge >= 0.3 is 5.97 Å². The van der Waals surface area contributed by atoms with Crippen LogP contribution in [0.5, 0.6) is 0 Å². The third-order valence-electron chi connectivity index (χ3n) is 3.17. The van der Waals surface area contributed by atoms with E-state index in [0.717, 1.165) is 4.90 Å². The van der Waals surface area contributed by atoms with Crippen molar-refractivity contribution in [1.29, 1.82) is 0 Å². The van der Waals surface area contributed by atoms with Gasteiger partial charge in [-0.2, -0.15) is 10.2 Å². The first-order valence-electron chi connectivity index (χ1n) is 6.08. The summed E-state index contributed by atoms with van der Waals surface area (Å²) in [6, 6.07) is 7.19. The Balaban J connectivity index is 1.95. The molecule has 0 fully saturated rings. The molecule has 21 heavy (non-hydrogen) atoms. The first-order chi connectivity index (χ1) is 10.1. The predicted molar refractivity (Wildman–Crippen MR) is 69.6 cm³/mol. The van der Waals surface area contributed by atoms with Gasteiger partial charge in [0.25, 0.3) is 11.8 Å². The summed E-state index contributed by atoms with van der Waals surface area (Å²) in [6.45, 7) is 0.00257. The highest BCUT2D eigenvalue weighted by atomic mass is 16.4. The number of carbonyl (C=O) groups is 3. The van der Waals surface area contributed by atoms with E-state index in [-0.39, 0.29) is 23.2 Å². The summed E-state index contributed by atoms with van der Waals surface area (Å²) in [5.74, 6) is -2.13. The number of hydrogen-bond acceptors (Lipinski definition) is 5. The molecule has 0 saturated heterocycles. The maximum absolute atomic E-state index is 12.3. The number of nitrogens with zero attached hydrogens (tertiary/aromatic N) is 3. The van der Waals surface area contributed by atoms with Gasteiger partial charge in [-0.25, -0.2) is 4.79 Å². The van der Waals surface area contributed by atoms with Crippen LogP contribution in [-0.2, 0) is 6.54 Å². The van der Waals surface area contributed by atoms with Crippen LogP contribution in [0.15, 0.2) is 36.5 Å². The number of carboxylic acids is 1. The standard InChI is InChI=1S/C14H9N3O4/c18-12-10-4-3-8(14(20)21)6-11(10)13(19)17(12)7-9-2-1-5-15-16-9/h1-6H,7H2,(H,20,21). The fourth-order valence-corrected chi connectivity index (χ4v) is 2.15. The molecule has 0 unspecified atom stereocenters. The molecular formula is C14H9N3O4. The molecule has 0 atom stereocenters. The Labute approximate surface area is 118 Å².